The van der Waals surface area contributed by atoms with Crippen molar-refractivity contribution in [2.45, 2.75) is 57.6 Å². The van der Waals surface area contributed by atoms with Crippen LogP contribution < -0.4 is 9.47 Å². The number of phenols is 1. The van der Waals surface area contributed by atoms with E-state index in [1.807, 2.05) is 36.4 Å². The van der Waals surface area contributed by atoms with Gasteiger partial charge >= 0.3 is 5.97 Å². The Bertz CT molecular complexity index is 2220. The molecule has 51 heavy (non-hydrogen) atoms. The standard InChI is InChI=1S/C40H34O11/c1-19-34(43)38(47)39(48)40(49-19)51-30-17-28-33(36(45)27(30)15-21-6-5-7-22(14-21)18-41)35(44)26-12-13-29(50-20(2)42)31(32(26)37(28)46)25-11-10-23-8-3-4-9-24(23)16-25/h3-14,16-17,19,34,38-41,43,45,47-48H,15,18H2,1-2H3/t19-,34-,38-,39-,40-/m1/s1. The molecule has 1 aliphatic heterocycles. The number of hydrogen-bond acceptors (Lipinski definition) is 11. The first-order valence-electron chi connectivity index (χ1n) is 16.3. The summed E-state index contributed by atoms with van der Waals surface area (Å²) in [5, 5.41) is 54.9. The molecule has 1 fully saturated rings. The van der Waals surface area contributed by atoms with Gasteiger partial charge in [0.2, 0.25) is 6.29 Å². The van der Waals surface area contributed by atoms with Gasteiger partial charge < -0.3 is 39.7 Å². The maximum atomic E-state index is 14.7. The third-order valence-corrected chi connectivity index (χ3v) is 9.37. The molecule has 5 N–H and O–H groups in total. The van der Waals surface area contributed by atoms with E-state index >= 15 is 0 Å². The molecule has 11 nitrogen and oxygen atoms in total. The van der Waals surface area contributed by atoms with Crippen molar-refractivity contribution >= 4 is 28.3 Å². The van der Waals surface area contributed by atoms with Crippen LogP contribution in [0.4, 0.5) is 0 Å². The summed E-state index contributed by atoms with van der Waals surface area (Å²) >= 11 is 0. The highest BCUT2D eigenvalue weighted by Gasteiger charge is 2.44. The van der Waals surface area contributed by atoms with Gasteiger partial charge in [0, 0.05) is 41.2 Å². The lowest BCUT2D eigenvalue weighted by atomic mass is 9.78. The van der Waals surface area contributed by atoms with Gasteiger partial charge in [0.1, 0.15) is 35.6 Å². The highest BCUT2D eigenvalue weighted by Crippen LogP contribution is 2.46. The third kappa shape index (κ3) is 6.05. The summed E-state index contributed by atoms with van der Waals surface area (Å²) in [4.78, 5) is 41.3. The summed E-state index contributed by atoms with van der Waals surface area (Å²) in [7, 11) is 0. The van der Waals surface area contributed by atoms with Gasteiger partial charge in [-0.2, -0.15) is 0 Å². The number of fused-ring (bicyclic) bond motifs is 3. The number of benzene rings is 5. The van der Waals surface area contributed by atoms with Crippen LogP contribution in [0.3, 0.4) is 0 Å². The Hall–Kier alpha value is -5.43. The Balaban J connectivity index is 1.42. The first-order chi connectivity index (χ1) is 24.5. The molecular weight excluding hydrogens is 656 g/mol. The Morgan fingerprint density at radius 1 is 0.745 bits per heavy atom. The van der Waals surface area contributed by atoms with Crippen LogP contribution >= 0.6 is 0 Å². The summed E-state index contributed by atoms with van der Waals surface area (Å²) in [5.74, 6) is -2.58. The molecule has 0 unspecified atom stereocenters. The molecule has 0 spiro atoms. The summed E-state index contributed by atoms with van der Waals surface area (Å²) < 4.78 is 17.3. The van der Waals surface area contributed by atoms with Crippen LogP contribution in [0.2, 0.25) is 0 Å². The number of aromatic hydroxyl groups is 1. The zero-order chi connectivity index (χ0) is 36.1. The molecule has 5 aromatic rings. The number of ether oxygens (including phenoxy) is 3. The van der Waals surface area contributed by atoms with Crippen LogP contribution in [-0.4, -0.2) is 73.8 Å². The van der Waals surface area contributed by atoms with Gasteiger partial charge in [-0.25, -0.2) is 0 Å². The fourth-order valence-electron chi connectivity index (χ4n) is 6.80. The minimum absolute atomic E-state index is 0.0132. The number of aliphatic hydroxyl groups excluding tert-OH is 4. The van der Waals surface area contributed by atoms with Crippen molar-refractivity contribution in [2.24, 2.45) is 0 Å². The maximum absolute atomic E-state index is 14.7. The van der Waals surface area contributed by atoms with Crippen LogP contribution in [0.5, 0.6) is 17.2 Å². The average Bonchev–Trinajstić information content (AvgIpc) is 3.12. The van der Waals surface area contributed by atoms with Crippen molar-refractivity contribution in [1.29, 1.82) is 0 Å². The Labute approximate surface area is 291 Å². The first kappa shape index (κ1) is 34.0. The van der Waals surface area contributed by atoms with Crippen LogP contribution in [0.1, 0.15) is 62.4 Å². The van der Waals surface area contributed by atoms with Crippen LogP contribution in [0.15, 0.2) is 84.9 Å². The largest absolute Gasteiger partial charge is 0.507 e. The maximum Gasteiger partial charge on any atom is 0.308 e. The van der Waals surface area contributed by atoms with E-state index in [0.717, 1.165) is 10.8 Å². The van der Waals surface area contributed by atoms with E-state index in [1.54, 1.807) is 30.3 Å². The molecule has 0 saturated carbocycles. The molecule has 1 saturated heterocycles. The number of esters is 1. The van der Waals surface area contributed by atoms with E-state index in [2.05, 4.69) is 0 Å². The lowest BCUT2D eigenvalue weighted by Crippen LogP contribution is -2.58. The number of aliphatic hydroxyl groups is 4. The lowest BCUT2D eigenvalue weighted by Gasteiger charge is -2.39. The zero-order valence-electron chi connectivity index (χ0n) is 27.6. The van der Waals surface area contributed by atoms with Crippen molar-refractivity contribution in [1.82, 2.24) is 0 Å². The molecule has 0 aromatic heterocycles. The number of phenolic OH excluding ortho intramolecular Hbond substituents is 1. The molecule has 0 amide bonds. The fourth-order valence-corrected chi connectivity index (χ4v) is 6.80. The van der Waals surface area contributed by atoms with E-state index in [9.17, 15) is 39.9 Å². The van der Waals surface area contributed by atoms with Crippen molar-refractivity contribution in [3.8, 4) is 28.4 Å². The topological polar surface area (TPSA) is 180 Å². The van der Waals surface area contributed by atoms with Gasteiger partial charge in [-0.05, 0) is 58.7 Å². The number of carbonyl (C=O) groups is 3. The normalized spacial score (nSPS) is 21.3. The van der Waals surface area contributed by atoms with Gasteiger partial charge in [-0.1, -0.05) is 60.7 Å². The molecule has 1 aliphatic carbocycles. The van der Waals surface area contributed by atoms with Gasteiger partial charge in [0.15, 0.2) is 11.6 Å². The third-order valence-electron chi connectivity index (χ3n) is 9.37. The number of rotatable bonds is 7. The minimum Gasteiger partial charge on any atom is -0.507 e. The molecule has 260 valence electrons. The highest BCUT2D eigenvalue weighted by atomic mass is 16.7. The lowest BCUT2D eigenvalue weighted by molar-refractivity contribution is -0.268. The second kappa shape index (κ2) is 13.4. The summed E-state index contributed by atoms with van der Waals surface area (Å²) in [6.07, 6.45) is -7.29. The quantitative estimate of drug-likeness (QED) is 0.120. The van der Waals surface area contributed by atoms with Crippen molar-refractivity contribution in [2.75, 3.05) is 0 Å². The second-order valence-electron chi connectivity index (χ2n) is 12.8. The van der Waals surface area contributed by atoms with E-state index in [1.165, 1.54) is 32.0 Å². The number of carbonyl (C=O) groups excluding carboxylic acids is 3. The van der Waals surface area contributed by atoms with E-state index in [4.69, 9.17) is 14.2 Å². The molecule has 7 rings (SSSR count). The molecule has 1 heterocycles. The van der Waals surface area contributed by atoms with Crippen LogP contribution in [0, 0.1) is 0 Å². The van der Waals surface area contributed by atoms with Gasteiger partial charge in [-0.3, -0.25) is 14.4 Å². The highest BCUT2D eigenvalue weighted by molar-refractivity contribution is 6.32. The van der Waals surface area contributed by atoms with E-state index in [0.29, 0.717) is 16.7 Å². The van der Waals surface area contributed by atoms with E-state index < -0.39 is 54.0 Å². The smallest absolute Gasteiger partial charge is 0.308 e. The summed E-state index contributed by atoms with van der Waals surface area (Å²) in [6.45, 7) is 2.46. The Morgan fingerprint density at radius 2 is 1.47 bits per heavy atom. The van der Waals surface area contributed by atoms with Gasteiger partial charge in [0.25, 0.3) is 0 Å². The van der Waals surface area contributed by atoms with Gasteiger partial charge in [0.05, 0.1) is 18.3 Å². The van der Waals surface area contributed by atoms with Crippen molar-refractivity contribution < 1.29 is 54.1 Å². The van der Waals surface area contributed by atoms with E-state index in [-0.39, 0.29) is 57.9 Å². The van der Waals surface area contributed by atoms with Crippen molar-refractivity contribution in [3.63, 3.8) is 0 Å². The predicted octanol–water partition coefficient (Wildman–Crippen LogP) is 4.20. The molecule has 11 heteroatoms. The SMILES string of the molecule is CC(=O)Oc1ccc2c(c1-c1ccc3ccccc3c1)C(=O)c1cc(O[C@H]3O[C@H](C)[C@@H](O)[C@@H](O)[C@H]3O)c(Cc3cccc(CO)c3)c(O)c1C2=O. The molecule has 5 aromatic carbocycles. The molecule has 0 bridgehead atoms. The van der Waals surface area contributed by atoms with Crippen LogP contribution in [-0.2, 0) is 22.6 Å². The Morgan fingerprint density at radius 3 is 2.22 bits per heavy atom. The number of hydrogen-bond donors (Lipinski definition) is 5. The molecule has 0 radical (unpaired) electrons. The zero-order valence-corrected chi connectivity index (χ0v) is 27.6. The predicted molar refractivity (Wildman–Crippen MR) is 184 cm³/mol. The Kier molecular flexibility index (Phi) is 8.92. The molecule has 2 aliphatic rings. The second-order valence-corrected chi connectivity index (χ2v) is 12.8. The molecule has 5 atom stereocenters. The van der Waals surface area contributed by atoms with Crippen molar-refractivity contribution in [3.05, 3.63) is 124 Å². The fraction of sp³-hybridized carbons (Fsp3) is 0.225. The molecular formula is C40H34O11. The van der Waals surface area contributed by atoms with Crippen LogP contribution in [0.25, 0.3) is 21.9 Å². The summed E-state index contributed by atoms with van der Waals surface area (Å²) in [5.41, 5.74) is 1.46. The average molecular weight is 691 g/mol. The van der Waals surface area contributed by atoms with Gasteiger partial charge in [-0.15, -0.1) is 0 Å². The monoisotopic (exact) mass is 690 g/mol. The summed E-state index contributed by atoms with van der Waals surface area (Å²) in [6, 6.07) is 24.0. The minimum atomic E-state index is -1.72. The number of ketones is 2. The first-order valence-corrected chi connectivity index (χ1v) is 16.3.